The fourth-order valence-electron chi connectivity index (χ4n) is 2.18. The van der Waals surface area contributed by atoms with E-state index in [1.54, 1.807) is 29.1 Å². The lowest BCUT2D eigenvalue weighted by Gasteiger charge is -2.16. The van der Waals surface area contributed by atoms with Crippen LogP contribution in [0.15, 0.2) is 54.7 Å². The highest BCUT2D eigenvalue weighted by atomic mass is 35.5. The van der Waals surface area contributed by atoms with Crippen LogP contribution >= 0.6 is 23.2 Å². The van der Waals surface area contributed by atoms with Gasteiger partial charge in [0, 0.05) is 15.6 Å². The summed E-state index contributed by atoms with van der Waals surface area (Å²) in [6.07, 6.45) is 1.62. The van der Waals surface area contributed by atoms with Gasteiger partial charge in [0.05, 0.1) is 23.6 Å². The van der Waals surface area contributed by atoms with Crippen molar-refractivity contribution in [2.45, 2.75) is 6.04 Å². The van der Waals surface area contributed by atoms with E-state index in [-0.39, 0.29) is 0 Å². The van der Waals surface area contributed by atoms with E-state index in [1.165, 1.54) is 0 Å². The second kappa shape index (κ2) is 5.85. The molecule has 2 N–H and O–H groups in total. The zero-order valence-corrected chi connectivity index (χ0v) is 12.5. The summed E-state index contributed by atoms with van der Waals surface area (Å²) in [5, 5.41) is 9.09. The minimum atomic E-state index is -0.513. The average molecular weight is 319 g/mol. The van der Waals surface area contributed by atoms with Gasteiger partial charge < -0.3 is 5.73 Å². The zero-order chi connectivity index (χ0) is 14.8. The lowest BCUT2D eigenvalue weighted by atomic mass is 10.0. The number of nitrogens with zero attached hydrogens (tertiary/aromatic N) is 3. The molecule has 0 saturated carbocycles. The van der Waals surface area contributed by atoms with Crippen molar-refractivity contribution in [3.05, 3.63) is 76.0 Å². The molecule has 0 fully saturated rings. The number of aromatic nitrogens is 3. The first kappa shape index (κ1) is 14.1. The van der Waals surface area contributed by atoms with Crippen molar-refractivity contribution in [3.8, 4) is 5.69 Å². The van der Waals surface area contributed by atoms with Gasteiger partial charge in [-0.2, -0.15) is 0 Å². The third-order valence-corrected chi connectivity index (χ3v) is 3.86. The van der Waals surface area contributed by atoms with Gasteiger partial charge in [-0.05, 0) is 24.3 Å². The minimum absolute atomic E-state index is 0.513. The summed E-state index contributed by atoms with van der Waals surface area (Å²) in [5.74, 6) is 0. The van der Waals surface area contributed by atoms with E-state index in [4.69, 9.17) is 28.9 Å². The number of hydrogen-bond donors (Lipinski definition) is 1. The van der Waals surface area contributed by atoms with E-state index >= 15 is 0 Å². The fraction of sp³-hybridized carbons (Fsp3) is 0.0667. The molecule has 106 valence electrons. The molecule has 0 bridgehead atoms. The van der Waals surface area contributed by atoms with E-state index in [1.807, 2.05) is 30.3 Å². The lowest BCUT2D eigenvalue weighted by Crippen LogP contribution is -2.17. The van der Waals surface area contributed by atoms with E-state index in [9.17, 15) is 0 Å². The Morgan fingerprint density at radius 2 is 1.62 bits per heavy atom. The Hall–Kier alpha value is -1.88. The molecular formula is C15H12Cl2N4. The number of nitrogens with two attached hydrogens (primary N) is 1. The van der Waals surface area contributed by atoms with Crippen molar-refractivity contribution in [3.63, 3.8) is 0 Å². The highest BCUT2D eigenvalue weighted by molar-refractivity contribution is 6.36. The molecule has 2 aromatic carbocycles. The molecule has 0 aliphatic rings. The summed E-state index contributed by atoms with van der Waals surface area (Å²) < 4.78 is 1.68. The largest absolute Gasteiger partial charge is 0.319 e. The number of benzene rings is 2. The maximum Gasteiger partial charge on any atom is 0.0859 e. The Morgan fingerprint density at radius 1 is 0.952 bits per heavy atom. The SMILES string of the molecule is NC(c1c(Cl)cccc1Cl)c1cnnn1-c1ccccc1. The fourth-order valence-corrected chi connectivity index (χ4v) is 2.81. The van der Waals surface area contributed by atoms with Crippen LogP contribution in [0.1, 0.15) is 17.3 Å². The molecule has 1 atom stereocenters. The second-order valence-corrected chi connectivity index (χ2v) is 5.33. The van der Waals surface area contributed by atoms with E-state index in [0.717, 1.165) is 11.4 Å². The molecule has 21 heavy (non-hydrogen) atoms. The van der Waals surface area contributed by atoms with Crippen LogP contribution in [0.3, 0.4) is 0 Å². The van der Waals surface area contributed by atoms with Crippen molar-refractivity contribution < 1.29 is 0 Å². The Kier molecular flexibility index (Phi) is 3.92. The Balaban J connectivity index is 2.08. The Labute approximate surface area is 132 Å². The number of rotatable bonds is 3. The van der Waals surface area contributed by atoms with Crippen molar-refractivity contribution >= 4 is 23.2 Å². The maximum atomic E-state index is 6.33. The maximum absolute atomic E-state index is 6.33. The third-order valence-electron chi connectivity index (χ3n) is 3.21. The standard InChI is InChI=1S/C15H12Cl2N4/c16-11-7-4-8-12(17)14(11)15(18)13-9-19-20-21(13)10-5-2-1-3-6-10/h1-9,15H,18H2. The molecule has 1 aromatic heterocycles. The molecule has 0 spiro atoms. The van der Waals surface area contributed by atoms with Crippen LogP contribution in [0.25, 0.3) is 5.69 Å². The van der Waals surface area contributed by atoms with Crippen LogP contribution in [-0.4, -0.2) is 15.0 Å². The molecule has 0 aliphatic carbocycles. The van der Waals surface area contributed by atoms with Gasteiger partial charge in [0.2, 0.25) is 0 Å². The van der Waals surface area contributed by atoms with E-state index in [0.29, 0.717) is 15.6 Å². The molecule has 0 radical (unpaired) electrons. The molecule has 4 nitrogen and oxygen atoms in total. The normalized spacial score (nSPS) is 12.3. The topological polar surface area (TPSA) is 56.7 Å². The van der Waals surface area contributed by atoms with E-state index in [2.05, 4.69) is 10.3 Å². The van der Waals surface area contributed by atoms with Crippen LogP contribution in [0.5, 0.6) is 0 Å². The van der Waals surface area contributed by atoms with Crippen molar-refractivity contribution in [1.29, 1.82) is 0 Å². The number of para-hydroxylation sites is 1. The quantitative estimate of drug-likeness (QED) is 0.802. The molecule has 3 rings (SSSR count). The molecular weight excluding hydrogens is 307 g/mol. The van der Waals surface area contributed by atoms with Crippen LogP contribution < -0.4 is 5.73 Å². The molecule has 0 amide bonds. The summed E-state index contributed by atoms with van der Waals surface area (Å²) in [7, 11) is 0. The van der Waals surface area contributed by atoms with Gasteiger partial charge in [-0.1, -0.05) is 52.7 Å². The summed E-state index contributed by atoms with van der Waals surface area (Å²) >= 11 is 12.5. The number of halogens is 2. The zero-order valence-electron chi connectivity index (χ0n) is 10.9. The van der Waals surface area contributed by atoms with Crippen LogP contribution in [-0.2, 0) is 0 Å². The summed E-state index contributed by atoms with van der Waals surface area (Å²) in [5.41, 5.74) is 8.59. The van der Waals surface area contributed by atoms with Gasteiger partial charge in [0.15, 0.2) is 0 Å². The number of hydrogen-bond acceptors (Lipinski definition) is 3. The average Bonchev–Trinajstić information content (AvgIpc) is 2.97. The Morgan fingerprint density at radius 3 is 2.29 bits per heavy atom. The smallest absolute Gasteiger partial charge is 0.0859 e. The van der Waals surface area contributed by atoms with Crippen LogP contribution in [0.4, 0.5) is 0 Å². The van der Waals surface area contributed by atoms with Gasteiger partial charge >= 0.3 is 0 Å². The molecule has 1 heterocycles. The highest BCUT2D eigenvalue weighted by Crippen LogP contribution is 2.32. The van der Waals surface area contributed by atoms with Crippen molar-refractivity contribution in [2.75, 3.05) is 0 Å². The van der Waals surface area contributed by atoms with Gasteiger partial charge in [0.25, 0.3) is 0 Å². The summed E-state index contributed by atoms with van der Waals surface area (Å²) in [6, 6.07) is 14.4. The molecule has 6 heteroatoms. The minimum Gasteiger partial charge on any atom is -0.319 e. The van der Waals surface area contributed by atoms with Gasteiger partial charge in [-0.25, -0.2) is 4.68 Å². The molecule has 0 aliphatic heterocycles. The summed E-state index contributed by atoms with van der Waals surface area (Å²) in [6.45, 7) is 0. The predicted octanol–water partition coefficient (Wildman–Crippen LogP) is 3.62. The lowest BCUT2D eigenvalue weighted by molar-refractivity contribution is 0.720. The molecule has 1 unspecified atom stereocenters. The molecule has 0 saturated heterocycles. The van der Waals surface area contributed by atoms with Crippen LogP contribution in [0.2, 0.25) is 10.0 Å². The second-order valence-electron chi connectivity index (χ2n) is 4.52. The predicted molar refractivity (Wildman–Crippen MR) is 83.9 cm³/mol. The van der Waals surface area contributed by atoms with Crippen LogP contribution in [0, 0.1) is 0 Å². The highest BCUT2D eigenvalue weighted by Gasteiger charge is 2.20. The van der Waals surface area contributed by atoms with E-state index < -0.39 is 6.04 Å². The van der Waals surface area contributed by atoms with Gasteiger partial charge in [0.1, 0.15) is 0 Å². The summed E-state index contributed by atoms with van der Waals surface area (Å²) in [4.78, 5) is 0. The Bertz CT molecular complexity index is 735. The molecule has 3 aromatic rings. The third kappa shape index (κ3) is 2.65. The monoisotopic (exact) mass is 318 g/mol. The first-order chi connectivity index (χ1) is 10.2. The first-order valence-electron chi connectivity index (χ1n) is 6.34. The van der Waals surface area contributed by atoms with Gasteiger partial charge in [-0.15, -0.1) is 5.10 Å². The van der Waals surface area contributed by atoms with Gasteiger partial charge in [-0.3, -0.25) is 0 Å². The van der Waals surface area contributed by atoms with Crippen molar-refractivity contribution in [2.24, 2.45) is 5.73 Å². The first-order valence-corrected chi connectivity index (χ1v) is 7.09. The van der Waals surface area contributed by atoms with Crippen molar-refractivity contribution in [1.82, 2.24) is 15.0 Å².